The van der Waals surface area contributed by atoms with Crippen molar-refractivity contribution in [2.24, 2.45) is 0 Å². The molecule has 3 aromatic rings. The van der Waals surface area contributed by atoms with E-state index in [0.29, 0.717) is 5.88 Å². The Balaban J connectivity index is 2.06. The van der Waals surface area contributed by atoms with E-state index in [1.807, 2.05) is 31.4 Å². The summed E-state index contributed by atoms with van der Waals surface area (Å²) in [6.45, 7) is 4.08. The van der Waals surface area contributed by atoms with Gasteiger partial charge >= 0.3 is 0 Å². The number of thiophene rings is 1. The van der Waals surface area contributed by atoms with E-state index < -0.39 is 0 Å². The first-order valence-electron chi connectivity index (χ1n) is 5.67. The minimum Gasteiger partial charge on any atom is -0.438 e. The Morgan fingerprint density at radius 3 is 2.89 bits per heavy atom. The average molecular weight is 256 g/mol. The fourth-order valence-electron chi connectivity index (χ4n) is 1.77. The van der Waals surface area contributed by atoms with Gasteiger partial charge in [0.1, 0.15) is 16.9 Å². The number of nitrogens with zero attached hydrogens (tertiary/aromatic N) is 2. The number of aromatic nitrogens is 2. The summed E-state index contributed by atoms with van der Waals surface area (Å²) >= 11 is 1.59. The van der Waals surface area contributed by atoms with Crippen molar-refractivity contribution >= 4 is 21.6 Å². The summed E-state index contributed by atoms with van der Waals surface area (Å²) in [6.07, 6.45) is 1.54. The molecule has 0 atom stereocenters. The van der Waals surface area contributed by atoms with Crippen molar-refractivity contribution in [2.45, 2.75) is 13.8 Å². The van der Waals surface area contributed by atoms with E-state index in [0.717, 1.165) is 21.5 Å². The molecule has 3 nitrogen and oxygen atoms in total. The van der Waals surface area contributed by atoms with Gasteiger partial charge in [-0.15, -0.1) is 11.3 Å². The molecule has 90 valence electrons. The van der Waals surface area contributed by atoms with Crippen LogP contribution < -0.4 is 4.74 Å². The molecule has 0 saturated heterocycles. The standard InChI is InChI=1S/C14H12N2OS/c1-9-3-4-10(2)12(7-9)17-13-11-5-6-18-14(11)16-8-15-13/h3-8H,1-2H3. The van der Waals surface area contributed by atoms with Crippen molar-refractivity contribution in [3.05, 3.63) is 47.1 Å². The normalized spacial score (nSPS) is 10.8. The molecular formula is C14H12N2OS. The maximum atomic E-state index is 5.92. The van der Waals surface area contributed by atoms with Crippen LogP contribution in [-0.4, -0.2) is 9.97 Å². The summed E-state index contributed by atoms with van der Waals surface area (Å²) in [6, 6.07) is 8.13. The lowest BCUT2D eigenvalue weighted by molar-refractivity contribution is 0.464. The monoisotopic (exact) mass is 256 g/mol. The van der Waals surface area contributed by atoms with Crippen LogP contribution in [0.4, 0.5) is 0 Å². The molecule has 2 heterocycles. The molecule has 0 radical (unpaired) electrons. The van der Waals surface area contributed by atoms with Crippen molar-refractivity contribution in [3.8, 4) is 11.6 Å². The van der Waals surface area contributed by atoms with E-state index in [-0.39, 0.29) is 0 Å². The Morgan fingerprint density at radius 1 is 1.11 bits per heavy atom. The average Bonchev–Trinajstić information content (AvgIpc) is 2.83. The summed E-state index contributed by atoms with van der Waals surface area (Å²) in [5.41, 5.74) is 2.27. The largest absolute Gasteiger partial charge is 0.438 e. The lowest BCUT2D eigenvalue weighted by atomic mass is 10.1. The van der Waals surface area contributed by atoms with Crippen molar-refractivity contribution in [3.63, 3.8) is 0 Å². The molecule has 18 heavy (non-hydrogen) atoms. The predicted molar refractivity (Wildman–Crippen MR) is 73.4 cm³/mol. The predicted octanol–water partition coefficient (Wildman–Crippen LogP) is 4.10. The second-order valence-electron chi connectivity index (χ2n) is 4.19. The smallest absolute Gasteiger partial charge is 0.231 e. The quantitative estimate of drug-likeness (QED) is 0.692. The first-order chi connectivity index (χ1) is 8.74. The van der Waals surface area contributed by atoms with E-state index in [2.05, 4.69) is 22.1 Å². The lowest BCUT2D eigenvalue weighted by Crippen LogP contribution is -1.92. The van der Waals surface area contributed by atoms with Gasteiger partial charge in [0.15, 0.2) is 0 Å². The Morgan fingerprint density at radius 2 is 2.00 bits per heavy atom. The van der Waals surface area contributed by atoms with Crippen LogP contribution in [0.25, 0.3) is 10.2 Å². The Bertz CT molecular complexity index is 706. The van der Waals surface area contributed by atoms with Gasteiger partial charge in [0.2, 0.25) is 5.88 Å². The fraction of sp³-hybridized carbons (Fsp3) is 0.143. The van der Waals surface area contributed by atoms with Gasteiger partial charge in [-0.3, -0.25) is 0 Å². The van der Waals surface area contributed by atoms with Crippen LogP contribution in [0, 0.1) is 13.8 Å². The van der Waals surface area contributed by atoms with Crippen molar-refractivity contribution in [2.75, 3.05) is 0 Å². The number of hydrogen-bond donors (Lipinski definition) is 0. The van der Waals surface area contributed by atoms with E-state index >= 15 is 0 Å². The summed E-state index contributed by atoms with van der Waals surface area (Å²) in [5, 5.41) is 2.96. The van der Waals surface area contributed by atoms with Crippen LogP contribution in [-0.2, 0) is 0 Å². The number of aryl methyl sites for hydroxylation is 2. The molecule has 1 aromatic carbocycles. The van der Waals surface area contributed by atoms with Gasteiger partial charge in [0.05, 0.1) is 5.39 Å². The van der Waals surface area contributed by atoms with Crippen LogP contribution >= 0.6 is 11.3 Å². The van der Waals surface area contributed by atoms with E-state index in [9.17, 15) is 0 Å². The van der Waals surface area contributed by atoms with Gasteiger partial charge in [0.25, 0.3) is 0 Å². The van der Waals surface area contributed by atoms with Gasteiger partial charge in [0, 0.05) is 0 Å². The van der Waals surface area contributed by atoms with Gasteiger partial charge in [-0.25, -0.2) is 9.97 Å². The van der Waals surface area contributed by atoms with Gasteiger partial charge in [-0.1, -0.05) is 12.1 Å². The second kappa shape index (κ2) is 4.38. The third-order valence-electron chi connectivity index (χ3n) is 2.78. The third-order valence-corrected chi connectivity index (χ3v) is 3.60. The third kappa shape index (κ3) is 1.95. The summed E-state index contributed by atoms with van der Waals surface area (Å²) in [4.78, 5) is 9.38. The summed E-state index contributed by atoms with van der Waals surface area (Å²) in [7, 11) is 0. The number of rotatable bonds is 2. The maximum absolute atomic E-state index is 5.92. The van der Waals surface area contributed by atoms with E-state index in [4.69, 9.17) is 4.74 Å². The molecule has 0 saturated carbocycles. The highest BCUT2D eigenvalue weighted by atomic mass is 32.1. The van der Waals surface area contributed by atoms with E-state index in [1.54, 1.807) is 17.7 Å². The molecular weight excluding hydrogens is 244 g/mol. The van der Waals surface area contributed by atoms with E-state index in [1.165, 1.54) is 5.56 Å². The Hall–Kier alpha value is -1.94. The van der Waals surface area contributed by atoms with Crippen LogP contribution in [0.1, 0.15) is 11.1 Å². The SMILES string of the molecule is Cc1ccc(C)c(Oc2ncnc3sccc23)c1. The molecule has 0 bridgehead atoms. The van der Waals surface area contributed by atoms with Crippen LogP contribution in [0.5, 0.6) is 11.6 Å². The first kappa shape index (κ1) is 11.2. The highest BCUT2D eigenvalue weighted by molar-refractivity contribution is 7.16. The molecule has 0 spiro atoms. The van der Waals surface area contributed by atoms with Crippen molar-refractivity contribution < 1.29 is 4.74 Å². The fourth-order valence-corrected chi connectivity index (χ4v) is 2.49. The minimum atomic E-state index is 0.620. The first-order valence-corrected chi connectivity index (χ1v) is 6.55. The number of ether oxygens (including phenoxy) is 1. The van der Waals surface area contributed by atoms with Gasteiger partial charge < -0.3 is 4.74 Å². The minimum absolute atomic E-state index is 0.620. The molecule has 0 unspecified atom stereocenters. The zero-order valence-electron chi connectivity index (χ0n) is 10.2. The van der Waals surface area contributed by atoms with Crippen molar-refractivity contribution in [1.82, 2.24) is 9.97 Å². The van der Waals surface area contributed by atoms with Crippen LogP contribution in [0.15, 0.2) is 36.0 Å². The molecule has 2 aromatic heterocycles. The summed E-state index contributed by atoms with van der Waals surface area (Å²) in [5.74, 6) is 1.47. The molecule has 0 amide bonds. The summed E-state index contributed by atoms with van der Waals surface area (Å²) < 4.78 is 5.92. The molecule has 3 rings (SSSR count). The Kier molecular flexibility index (Phi) is 2.72. The van der Waals surface area contributed by atoms with Gasteiger partial charge in [-0.05, 0) is 42.5 Å². The topological polar surface area (TPSA) is 35.0 Å². The number of fused-ring (bicyclic) bond motifs is 1. The Labute approximate surface area is 109 Å². The number of benzene rings is 1. The lowest BCUT2D eigenvalue weighted by Gasteiger charge is -2.09. The van der Waals surface area contributed by atoms with Gasteiger partial charge in [-0.2, -0.15) is 0 Å². The molecule has 0 aliphatic rings. The van der Waals surface area contributed by atoms with Crippen LogP contribution in [0.2, 0.25) is 0 Å². The highest BCUT2D eigenvalue weighted by Crippen LogP contribution is 2.31. The van der Waals surface area contributed by atoms with Crippen molar-refractivity contribution in [1.29, 1.82) is 0 Å². The second-order valence-corrected chi connectivity index (χ2v) is 5.08. The zero-order valence-corrected chi connectivity index (χ0v) is 11.0. The highest BCUT2D eigenvalue weighted by Gasteiger charge is 2.08. The molecule has 0 aliphatic carbocycles. The van der Waals surface area contributed by atoms with Crippen LogP contribution in [0.3, 0.4) is 0 Å². The maximum Gasteiger partial charge on any atom is 0.231 e. The molecule has 0 N–H and O–H groups in total. The molecule has 0 aliphatic heterocycles. The zero-order chi connectivity index (χ0) is 12.5. The molecule has 0 fully saturated rings. The molecule has 4 heteroatoms. The number of hydrogen-bond acceptors (Lipinski definition) is 4.